The first kappa shape index (κ1) is 14.9. The molecule has 1 aromatic carbocycles. The Bertz CT molecular complexity index is 567. The second-order valence-corrected chi connectivity index (χ2v) is 5.65. The molecule has 0 bridgehead atoms. The van der Waals surface area contributed by atoms with E-state index in [0.29, 0.717) is 5.92 Å². The largest absolute Gasteiger partial charge is 0.397 e. The Morgan fingerprint density at radius 2 is 1.95 bits per heavy atom. The SMILES string of the molecule is CCC(CC)c1nc2c(N)cccc2n1CCN(C)C. The monoisotopic (exact) mass is 274 g/mol. The van der Waals surface area contributed by atoms with E-state index in [4.69, 9.17) is 10.7 Å². The van der Waals surface area contributed by atoms with Crippen LogP contribution in [0.3, 0.4) is 0 Å². The molecule has 0 unspecified atom stereocenters. The van der Waals surface area contributed by atoms with Crippen molar-refractivity contribution in [2.45, 2.75) is 39.2 Å². The molecule has 0 aliphatic heterocycles. The summed E-state index contributed by atoms with van der Waals surface area (Å²) in [6.45, 7) is 6.42. The molecule has 2 aromatic rings. The van der Waals surface area contributed by atoms with Crippen LogP contribution in [0.2, 0.25) is 0 Å². The first-order chi connectivity index (χ1) is 9.58. The fourth-order valence-corrected chi connectivity index (χ4v) is 2.69. The van der Waals surface area contributed by atoms with Gasteiger partial charge in [0.25, 0.3) is 0 Å². The highest BCUT2D eigenvalue weighted by Gasteiger charge is 2.18. The van der Waals surface area contributed by atoms with Crippen LogP contribution in [0.4, 0.5) is 5.69 Å². The lowest BCUT2D eigenvalue weighted by molar-refractivity contribution is 0.379. The zero-order valence-electron chi connectivity index (χ0n) is 13.1. The van der Waals surface area contributed by atoms with Crippen molar-refractivity contribution in [3.63, 3.8) is 0 Å². The lowest BCUT2D eigenvalue weighted by atomic mass is 10.0. The van der Waals surface area contributed by atoms with E-state index in [9.17, 15) is 0 Å². The van der Waals surface area contributed by atoms with E-state index in [-0.39, 0.29) is 0 Å². The summed E-state index contributed by atoms with van der Waals surface area (Å²) in [7, 11) is 4.20. The average Bonchev–Trinajstić information content (AvgIpc) is 2.78. The highest BCUT2D eigenvalue weighted by Crippen LogP contribution is 2.29. The molecule has 0 saturated heterocycles. The van der Waals surface area contributed by atoms with Crippen molar-refractivity contribution in [2.75, 3.05) is 26.4 Å². The Labute approximate surface area is 121 Å². The van der Waals surface area contributed by atoms with Crippen molar-refractivity contribution in [3.05, 3.63) is 24.0 Å². The summed E-state index contributed by atoms with van der Waals surface area (Å²) in [5.74, 6) is 1.69. The molecule has 0 amide bonds. The summed E-state index contributed by atoms with van der Waals surface area (Å²) in [5, 5.41) is 0. The summed E-state index contributed by atoms with van der Waals surface area (Å²) in [5.41, 5.74) is 8.98. The number of fused-ring (bicyclic) bond motifs is 1. The van der Waals surface area contributed by atoms with Gasteiger partial charge >= 0.3 is 0 Å². The Balaban J connectivity index is 2.53. The van der Waals surface area contributed by atoms with Gasteiger partial charge in [0, 0.05) is 19.0 Å². The number of hydrogen-bond donors (Lipinski definition) is 1. The minimum absolute atomic E-state index is 0.504. The van der Waals surface area contributed by atoms with Crippen LogP contribution in [-0.2, 0) is 6.54 Å². The molecule has 4 nitrogen and oxygen atoms in total. The first-order valence-corrected chi connectivity index (χ1v) is 7.47. The van der Waals surface area contributed by atoms with Crippen molar-refractivity contribution >= 4 is 16.7 Å². The molecular formula is C16H26N4. The van der Waals surface area contributed by atoms with E-state index in [1.807, 2.05) is 12.1 Å². The van der Waals surface area contributed by atoms with Crippen LogP contribution in [0.25, 0.3) is 11.0 Å². The van der Waals surface area contributed by atoms with Gasteiger partial charge in [0.05, 0.1) is 11.2 Å². The Hall–Kier alpha value is -1.55. The fourth-order valence-electron chi connectivity index (χ4n) is 2.69. The van der Waals surface area contributed by atoms with Crippen LogP contribution in [0.5, 0.6) is 0 Å². The molecule has 0 saturated carbocycles. The van der Waals surface area contributed by atoms with Gasteiger partial charge in [0.2, 0.25) is 0 Å². The lowest BCUT2D eigenvalue weighted by Crippen LogP contribution is -2.20. The summed E-state index contributed by atoms with van der Waals surface area (Å²) < 4.78 is 2.35. The Morgan fingerprint density at radius 3 is 2.55 bits per heavy atom. The smallest absolute Gasteiger partial charge is 0.113 e. The van der Waals surface area contributed by atoms with Crippen molar-refractivity contribution in [1.82, 2.24) is 14.5 Å². The normalized spacial score (nSPS) is 11.9. The second kappa shape index (κ2) is 6.27. The van der Waals surface area contributed by atoms with Crippen molar-refractivity contribution in [3.8, 4) is 0 Å². The number of anilines is 1. The van der Waals surface area contributed by atoms with E-state index >= 15 is 0 Å². The molecule has 0 aliphatic carbocycles. The van der Waals surface area contributed by atoms with Gasteiger partial charge in [-0.25, -0.2) is 4.98 Å². The number of para-hydroxylation sites is 1. The third-order valence-corrected chi connectivity index (χ3v) is 3.96. The molecule has 0 aliphatic rings. The number of rotatable bonds is 6. The summed E-state index contributed by atoms with van der Waals surface area (Å²) >= 11 is 0. The van der Waals surface area contributed by atoms with Gasteiger partial charge in [0.1, 0.15) is 11.3 Å². The number of nitrogen functional groups attached to an aromatic ring is 1. The molecular weight excluding hydrogens is 248 g/mol. The maximum atomic E-state index is 6.09. The van der Waals surface area contributed by atoms with E-state index in [1.165, 1.54) is 5.82 Å². The highest BCUT2D eigenvalue weighted by atomic mass is 15.1. The van der Waals surface area contributed by atoms with E-state index in [1.54, 1.807) is 0 Å². The summed E-state index contributed by atoms with van der Waals surface area (Å²) in [4.78, 5) is 7.05. The summed E-state index contributed by atoms with van der Waals surface area (Å²) in [6, 6.07) is 6.07. The van der Waals surface area contributed by atoms with E-state index < -0.39 is 0 Å². The number of likely N-dealkylation sites (N-methyl/N-ethyl adjacent to an activating group) is 1. The van der Waals surface area contributed by atoms with Crippen molar-refractivity contribution in [2.24, 2.45) is 0 Å². The summed E-state index contributed by atoms with van der Waals surface area (Å²) in [6.07, 6.45) is 2.23. The van der Waals surface area contributed by atoms with Crippen LogP contribution in [0.1, 0.15) is 38.4 Å². The predicted molar refractivity (Wildman–Crippen MR) is 86.0 cm³/mol. The zero-order chi connectivity index (χ0) is 14.7. The number of hydrogen-bond acceptors (Lipinski definition) is 3. The van der Waals surface area contributed by atoms with Gasteiger partial charge in [-0.2, -0.15) is 0 Å². The predicted octanol–water partition coefficient (Wildman–Crippen LogP) is 3.08. The molecule has 20 heavy (non-hydrogen) atoms. The number of benzene rings is 1. The molecule has 0 spiro atoms. The van der Waals surface area contributed by atoms with E-state index in [2.05, 4.69) is 43.5 Å². The lowest BCUT2D eigenvalue weighted by Gasteiger charge is -2.17. The van der Waals surface area contributed by atoms with Gasteiger partial charge in [0.15, 0.2) is 0 Å². The number of nitrogens with two attached hydrogens (primary N) is 1. The molecule has 1 heterocycles. The molecule has 0 radical (unpaired) electrons. The minimum atomic E-state index is 0.504. The molecule has 1 aromatic heterocycles. The van der Waals surface area contributed by atoms with Crippen LogP contribution in [-0.4, -0.2) is 35.1 Å². The first-order valence-electron chi connectivity index (χ1n) is 7.47. The number of aromatic nitrogens is 2. The zero-order valence-corrected chi connectivity index (χ0v) is 13.1. The van der Waals surface area contributed by atoms with Crippen molar-refractivity contribution < 1.29 is 0 Å². The molecule has 4 heteroatoms. The standard InChI is InChI=1S/C16H26N4/c1-5-12(6-2)16-18-15-13(17)8-7-9-14(15)20(16)11-10-19(3)4/h7-9,12H,5-6,10-11,17H2,1-4H3. The highest BCUT2D eigenvalue weighted by molar-refractivity contribution is 5.87. The molecule has 0 fully saturated rings. The molecule has 2 rings (SSSR count). The number of nitrogens with zero attached hydrogens (tertiary/aromatic N) is 3. The van der Waals surface area contributed by atoms with Crippen LogP contribution >= 0.6 is 0 Å². The van der Waals surface area contributed by atoms with Gasteiger partial charge in [-0.1, -0.05) is 19.9 Å². The maximum absolute atomic E-state index is 6.09. The third kappa shape index (κ3) is 2.80. The molecule has 2 N–H and O–H groups in total. The fraction of sp³-hybridized carbons (Fsp3) is 0.562. The van der Waals surface area contributed by atoms with Crippen LogP contribution in [0, 0.1) is 0 Å². The molecule has 0 atom stereocenters. The van der Waals surface area contributed by atoms with E-state index in [0.717, 1.165) is 42.7 Å². The van der Waals surface area contributed by atoms with Crippen molar-refractivity contribution in [1.29, 1.82) is 0 Å². The quantitative estimate of drug-likeness (QED) is 0.823. The third-order valence-electron chi connectivity index (χ3n) is 3.96. The van der Waals surface area contributed by atoms with Gasteiger partial charge in [-0.05, 0) is 39.1 Å². The second-order valence-electron chi connectivity index (χ2n) is 5.65. The van der Waals surface area contributed by atoms with Gasteiger partial charge < -0.3 is 15.2 Å². The Kier molecular flexibility index (Phi) is 4.65. The number of imidazole rings is 1. The molecule has 110 valence electrons. The average molecular weight is 274 g/mol. The Morgan fingerprint density at radius 1 is 1.25 bits per heavy atom. The van der Waals surface area contributed by atoms with Crippen LogP contribution in [0.15, 0.2) is 18.2 Å². The van der Waals surface area contributed by atoms with Crippen LogP contribution < -0.4 is 5.73 Å². The topological polar surface area (TPSA) is 47.1 Å². The van der Waals surface area contributed by atoms with Gasteiger partial charge in [-0.15, -0.1) is 0 Å². The minimum Gasteiger partial charge on any atom is -0.397 e. The van der Waals surface area contributed by atoms with Gasteiger partial charge in [-0.3, -0.25) is 0 Å². The maximum Gasteiger partial charge on any atom is 0.113 e.